The van der Waals surface area contributed by atoms with Gasteiger partial charge in [-0.2, -0.15) is 0 Å². The second-order valence-electron chi connectivity index (χ2n) is 3.31. The van der Waals surface area contributed by atoms with Crippen LogP contribution in [0.2, 0.25) is 0 Å². The molecule has 2 N–H and O–H groups in total. The molecule has 0 aliphatic heterocycles. The molecule has 15 heavy (non-hydrogen) atoms. The minimum Gasteiger partial charge on any atom is -0.464 e. The third-order valence-electron chi connectivity index (χ3n) is 2.00. The fraction of sp³-hybridized carbons (Fsp3) is 0.400. The maximum Gasteiger partial charge on any atom is 0.330 e. The van der Waals surface area contributed by atoms with E-state index in [0.29, 0.717) is 5.56 Å². The molecule has 0 bridgehead atoms. The molecule has 1 aromatic rings. The molecule has 4 nitrogen and oxygen atoms in total. The van der Waals surface area contributed by atoms with Gasteiger partial charge >= 0.3 is 5.97 Å². The summed E-state index contributed by atoms with van der Waals surface area (Å²) < 4.78 is 17.7. The summed E-state index contributed by atoms with van der Waals surface area (Å²) in [6.07, 6.45) is 2.39. The van der Waals surface area contributed by atoms with Crippen LogP contribution in [0.1, 0.15) is 19.4 Å². The van der Waals surface area contributed by atoms with Gasteiger partial charge in [-0.3, -0.25) is 4.98 Å². The Balaban J connectivity index is 2.99. The summed E-state index contributed by atoms with van der Waals surface area (Å²) in [6, 6.07) is 1.17. The number of rotatable bonds is 3. The highest BCUT2D eigenvalue weighted by molar-refractivity contribution is 5.81. The Hall–Kier alpha value is -1.49. The summed E-state index contributed by atoms with van der Waals surface area (Å²) in [5.41, 5.74) is 4.68. The van der Waals surface area contributed by atoms with Crippen LogP contribution in [-0.2, 0) is 15.1 Å². The van der Waals surface area contributed by atoms with E-state index in [0.717, 1.165) is 6.20 Å². The Labute approximate surface area is 87.3 Å². The fourth-order valence-electron chi connectivity index (χ4n) is 1.09. The Kier molecular flexibility index (Phi) is 3.36. The van der Waals surface area contributed by atoms with Crippen molar-refractivity contribution in [2.24, 2.45) is 5.73 Å². The minimum atomic E-state index is -1.37. The van der Waals surface area contributed by atoms with E-state index >= 15 is 0 Å². The highest BCUT2D eigenvalue weighted by Gasteiger charge is 2.32. The summed E-state index contributed by atoms with van der Waals surface area (Å²) in [6.45, 7) is 3.37. The predicted molar refractivity (Wildman–Crippen MR) is 52.4 cm³/mol. The molecule has 1 atom stereocenters. The van der Waals surface area contributed by atoms with Crippen molar-refractivity contribution in [2.45, 2.75) is 19.4 Å². The first-order valence-corrected chi connectivity index (χ1v) is 4.55. The molecule has 0 saturated heterocycles. The van der Waals surface area contributed by atoms with E-state index in [2.05, 4.69) is 4.98 Å². The highest BCUT2D eigenvalue weighted by Crippen LogP contribution is 2.19. The third kappa shape index (κ3) is 2.50. The van der Waals surface area contributed by atoms with Gasteiger partial charge in [-0.15, -0.1) is 0 Å². The van der Waals surface area contributed by atoms with Crippen molar-refractivity contribution in [3.63, 3.8) is 0 Å². The Morgan fingerprint density at radius 1 is 1.67 bits per heavy atom. The summed E-state index contributed by atoms with van der Waals surface area (Å²) in [5.74, 6) is -1.13. The van der Waals surface area contributed by atoms with Gasteiger partial charge in [-0.1, -0.05) is 0 Å². The van der Waals surface area contributed by atoms with Gasteiger partial charge in [0.2, 0.25) is 0 Å². The van der Waals surface area contributed by atoms with Gasteiger partial charge < -0.3 is 10.5 Å². The number of carbonyl (C=O) groups excluding carboxylic acids is 1. The average molecular weight is 212 g/mol. The zero-order chi connectivity index (χ0) is 11.5. The molecule has 1 unspecified atom stereocenters. The smallest absolute Gasteiger partial charge is 0.330 e. The lowest BCUT2D eigenvalue weighted by atomic mass is 9.95. The molecule has 0 fully saturated rings. The number of esters is 1. The topological polar surface area (TPSA) is 65.2 Å². The van der Waals surface area contributed by atoms with Gasteiger partial charge in [-0.25, -0.2) is 9.18 Å². The molecule has 0 aliphatic carbocycles. The van der Waals surface area contributed by atoms with Crippen molar-refractivity contribution in [1.29, 1.82) is 0 Å². The van der Waals surface area contributed by atoms with Gasteiger partial charge in [0.1, 0.15) is 11.4 Å². The van der Waals surface area contributed by atoms with E-state index in [1.54, 1.807) is 6.92 Å². The van der Waals surface area contributed by atoms with Crippen molar-refractivity contribution in [3.8, 4) is 0 Å². The van der Waals surface area contributed by atoms with Crippen LogP contribution in [0.3, 0.4) is 0 Å². The highest BCUT2D eigenvalue weighted by atomic mass is 19.1. The lowest BCUT2D eigenvalue weighted by Crippen LogP contribution is -2.43. The molecular formula is C10H13FN2O2. The maximum atomic E-state index is 12.9. The van der Waals surface area contributed by atoms with Gasteiger partial charge in [0.05, 0.1) is 12.8 Å². The van der Waals surface area contributed by atoms with Crippen LogP contribution in [0, 0.1) is 5.82 Å². The number of aromatic nitrogens is 1. The molecule has 0 aromatic carbocycles. The molecule has 0 aliphatic rings. The van der Waals surface area contributed by atoms with Crippen LogP contribution in [0.25, 0.3) is 0 Å². The van der Waals surface area contributed by atoms with Gasteiger partial charge in [0, 0.05) is 11.8 Å². The molecule has 0 spiro atoms. The molecule has 1 heterocycles. The average Bonchev–Trinajstić information content (AvgIpc) is 2.18. The van der Waals surface area contributed by atoms with Crippen LogP contribution < -0.4 is 5.73 Å². The quantitative estimate of drug-likeness (QED) is 0.758. The molecule has 1 rings (SSSR count). The zero-order valence-corrected chi connectivity index (χ0v) is 8.66. The Morgan fingerprint density at radius 2 is 2.33 bits per heavy atom. The standard InChI is InChI=1S/C10H13FN2O2/c1-3-15-9(14)10(2,12)7-4-8(11)6-13-5-7/h4-6H,3,12H2,1-2H3. The maximum absolute atomic E-state index is 12.9. The third-order valence-corrected chi connectivity index (χ3v) is 2.00. The number of hydrogen-bond donors (Lipinski definition) is 1. The molecule has 82 valence electrons. The van der Waals surface area contributed by atoms with Crippen LogP contribution in [0.15, 0.2) is 18.5 Å². The second-order valence-corrected chi connectivity index (χ2v) is 3.31. The van der Waals surface area contributed by atoms with Crippen LogP contribution in [0.5, 0.6) is 0 Å². The van der Waals surface area contributed by atoms with Gasteiger partial charge in [0.25, 0.3) is 0 Å². The SMILES string of the molecule is CCOC(=O)C(C)(N)c1cncc(F)c1. The van der Waals surface area contributed by atoms with Gasteiger partial charge in [-0.05, 0) is 19.9 Å². The predicted octanol–water partition coefficient (Wildman–Crippen LogP) is 0.958. The summed E-state index contributed by atoms with van der Waals surface area (Å²) >= 11 is 0. The van der Waals surface area contributed by atoms with Crippen molar-refractivity contribution in [2.75, 3.05) is 6.61 Å². The van der Waals surface area contributed by atoms with Crippen molar-refractivity contribution < 1.29 is 13.9 Å². The van der Waals surface area contributed by atoms with Crippen molar-refractivity contribution in [3.05, 3.63) is 29.8 Å². The Bertz CT molecular complexity index is 366. The van der Waals surface area contributed by atoms with E-state index < -0.39 is 17.3 Å². The second kappa shape index (κ2) is 4.35. The van der Waals surface area contributed by atoms with E-state index in [4.69, 9.17) is 10.5 Å². The summed E-state index contributed by atoms with van der Waals surface area (Å²) in [5, 5.41) is 0. The number of nitrogens with two attached hydrogens (primary N) is 1. The van der Waals surface area contributed by atoms with Gasteiger partial charge in [0.15, 0.2) is 0 Å². The normalized spacial score (nSPS) is 14.4. The molecule has 0 saturated carbocycles. The minimum absolute atomic E-state index is 0.231. The first-order chi connectivity index (χ1) is 6.98. The largest absolute Gasteiger partial charge is 0.464 e. The van der Waals surface area contributed by atoms with Crippen molar-refractivity contribution >= 4 is 5.97 Å². The molecule has 0 radical (unpaired) electrons. The summed E-state index contributed by atoms with van der Waals surface area (Å²) in [7, 11) is 0. The fourth-order valence-corrected chi connectivity index (χ4v) is 1.09. The molecular weight excluding hydrogens is 199 g/mol. The number of halogens is 1. The number of carbonyl (C=O) groups is 1. The first-order valence-electron chi connectivity index (χ1n) is 4.55. The van der Waals surface area contributed by atoms with Crippen LogP contribution in [0.4, 0.5) is 4.39 Å². The first kappa shape index (κ1) is 11.6. The van der Waals surface area contributed by atoms with Crippen LogP contribution in [-0.4, -0.2) is 17.6 Å². The lowest BCUT2D eigenvalue weighted by molar-refractivity contribution is -0.149. The lowest BCUT2D eigenvalue weighted by Gasteiger charge is -2.22. The summed E-state index contributed by atoms with van der Waals surface area (Å²) in [4.78, 5) is 15.1. The van der Waals surface area contributed by atoms with E-state index in [1.807, 2.05) is 0 Å². The van der Waals surface area contributed by atoms with E-state index in [9.17, 15) is 9.18 Å². The molecule has 0 amide bonds. The molecule has 1 aromatic heterocycles. The van der Waals surface area contributed by atoms with E-state index in [1.165, 1.54) is 19.2 Å². The number of ether oxygens (including phenoxy) is 1. The number of nitrogens with zero attached hydrogens (tertiary/aromatic N) is 1. The Morgan fingerprint density at radius 3 is 2.87 bits per heavy atom. The monoisotopic (exact) mass is 212 g/mol. The zero-order valence-electron chi connectivity index (χ0n) is 8.66. The van der Waals surface area contributed by atoms with Crippen molar-refractivity contribution in [1.82, 2.24) is 4.98 Å². The number of hydrogen-bond acceptors (Lipinski definition) is 4. The van der Waals surface area contributed by atoms with E-state index in [-0.39, 0.29) is 6.61 Å². The number of pyridine rings is 1. The molecule has 5 heteroatoms. The van der Waals surface area contributed by atoms with Crippen LogP contribution >= 0.6 is 0 Å².